The van der Waals surface area contributed by atoms with E-state index in [1.54, 1.807) is 29.2 Å². The molecule has 0 bridgehead atoms. The summed E-state index contributed by atoms with van der Waals surface area (Å²) in [5, 5.41) is 11.1. The molecule has 4 rings (SSSR count). The van der Waals surface area contributed by atoms with Crippen LogP contribution in [0.25, 0.3) is 11.1 Å². The number of nitrogens with zero attached hydrogens (tertiary/aromatic N) is 2. The number of ether oxygens (including phenoxy) is 3. The van der Waals surface area contributed by atoms with Gasteiger partial charge in [0.25, 0.3) is 0 Å². The molecule has 198 valence electrons. The van der Waals surface area contributed by atoms with Crippen LogP contribution in [0.3, 0.4) is 0 Å². The fourth-order valence-electron chi connectivity index (χ4n) is 4.14. The zero-order valence-corrected chi connectivity index (χ0v) is 21.8. The minimum Gasteiger partial charge on any atom is -0.508 e. The Labute approximate surface area is 213 Å². The molecule has 0 radical (unpaired) electrons. The number of benzene rings is 2. The number of hydrogen-bond acceptors (Lipinski definition) is 8. The zero-order chi connectivity index (χ0) is 26.3. The number of phenols is 1. The molecule has 2 aliphatic rings. The average molecular weight is 501 g/mol. The molecule has 2 heterocycles. The number of rotatable bonds is 4. The minimum absolute atomic E-state index is 0.167. The predicted molar refractivity (Wildman–Crippen MR) is 142 cm³/mol. The number of amides is 1. The van der Waals surface area contributed by atoms with E-state index in [4.69, 9.17) is 25.8 Å². The Morgan fingerprint density at radius 1 is 1.08 bits per heavy atom. The highest BCUT2D eigenvalue weighted by Crippen LogP contribution is 2.38. The van der Waals surface area contributed by atoms with Gasteiger partial charge in [0, 0.05) is 19.7 Å². The van der Waals surface area contributed by atoms with E-state index in [1.807, 2.05) is 45.0 Å². The Morgan fingerprint density at radius 2 is 1.75 bits per heavy atom. The normalized spacial score (nSPS) is 17.7. The number of hydrogen-bond donors (Lipinski definition) is 3. The first-order chi connectivity index (χ1) is 17.1. The first-order valence-electron chi connectivity index (χ1n) is 12.5. The van der Waals surface area contributed by atoms with Gasteiger partial charge in [-0.05, 0) is 88.3 Å². The third kappa shape index (κ3) is 7.41. The fourth-order valence-corrected chi connectivity index (χ4v) is 4.14. The highest BCUT2D eigenvalue weighted by molar-refractivity contribution is 5.82. The Bertz CT molecular complexity index is 994. The smallest absolute Gasteiger partial charge is 0.410 e. The van der Waals surface area contributed by atoms with Gasteiger partial charge in [-0.2, -0.15) is 0 Å². The van der Waals surface area contributed by atoms with E-state index in [0.29, 0.717) is 23.7 Å². The summed E-state index contributed by atoms with van der Waals surface area (Å²) >= 11 is 0. The monoisotopic (exact) mass is 500 g/mol. The topological polar surface area (TPSA) is 124 Å². The molecule has 2 aliphatic heterocycles. The largest absolute Gasteiger partial charge is 0.508 e. The van der Waals surface area contributed by atoms with Gasteiger partial charge >= 0.3 is 6.09 Å². The Kier molecular flexibility index (Phi) is 9.28. The summed E-state index contributed by atoms with van der Waals surface area (Å²) in [6.45, 7) is 8.08. The minimum atomic E-state index is -0.361. The standard InChI is InChI=1S/C18H23N3O3.C9H17NO2/c1-23-16-11-13(12-5-7-14(22)8-6-12)10-15(18(16)19)21(20)17-4-2-3-9-24-17;1-9(2,3)12-8(11)10-6-4-5-7-10/h5-8,10-11,17,22H,2-4,9,19-20H2,1H3;4-7H2,1-3H3. The molecule has 2 saturated heterocycles. The second-order valence-corrected chi connectivity index (χ2v) is 10.1. The van der Waals surface area contributed by atoms with E-state index in [0.717, 1.165) is 56.3 Å². The lowest BCUT2D eigenvalue weighted by molar-refractivity contribution is 0.0142. The maximum atomic E-state index is 11.4. The van der Waals surface area contributed by atoms with Crippen LogP contribution in [-0.2, 0) is 9.47 Å². The number of hydrazine groups is 1. The maximum Gasteiger partial charge on any atom is 0.410 e. The van der Waals surface area contributed by atoms with Crippen LogP contribution in [0.1, 0.15) is 52.9 Å². The molecular formula is C27H40N4O5. The SMILES string of the molecule is CC(C)(C)OC(=O)N1CCCC1.COc1cc(-c2ccc(O)cc2)cc(N(N)C2CCCCO2)c1N. The number of nitrogens with two attached hydrogens (primary N) is 2. The van der Waals surface area contributed by atoms with E-state index < -0.39 is 0 Å². The van der Waals surface area contributed by atoms with Crippen molar-refractivity contribution in [1.82, 2.24) is 4.90 Å². The molecule has 0 spiro atoms. The van der Waals surface area contributed by atoms with E-state index >= 15 is 0 Å². The van der Waals surface area contributed by atoms with Crippen LogP contribution in [0, 0.1) is 0 Å². The lowest BCUT2D eigenvalue weighted by Gasteiger charge is -2.33. The lowest BCUT2D eigenvalue weighted by atomic mass is 10.0. The number of nitrogen functional groups attached to an aromatic ring is 1. The molecule has 1 atom stereocenters. The van der Waals surface area contributed by atoms with Gasteiger partial charge in [-0.15, -0.1) is 0 Å². The molecule has 2 fully saturated rings. The molecule has 2 aromatic rings. The van der Waals surface area contributed by atoms with Crippen molar-refractivity contribution in [3.8, 4) is 22.6 Å². The summed E-state index contributed by atoms with van der Waals surface area (Å²) in [6.07, 6.45) is 4.85. The van der Waals surface area contributed by atoms with Crippen LogP contribution >= 0.6 is 0 Å². The molecule has 1 unspecified atom stereocenters. The number of methoxy groups -OCH3 is 1. The van der Waals surface area contributed by atoms with Gasteiger partial charge in [0.1, 0.15) is 23.3 Å². The number of aromatic hydroxyl groups is 1. The summed E-state index contributed by atoms with van der Waals surface area (Å²) < 4.78 is 16.4. The van der Waals surface area contributed by atoms with Crippen LogP contribution in [0.2, 0.25) is 0 Å². The van der Waals surface area contributed by atoms with Crippen LogP contribution in [0.15, 0.2) is 36.4 Å². The number of phenolic OH excluding ortho intramolecular Hbond substituents is 1. The first kappa shape index (κ1) is 27.4. The second-order valence-electron chi connectivity index (χ2n) is 10.1. The molecule has 5 N–H and O–H groups in total. The van der Waals surface area contributed by atoms with Crippen molar-refractivity contribution >= 4 is 17.5 Å². The van der Waals surface area contributed by atoms with Crippen molar-refractivity contribution in [2.75, 3.05) is 37.5 Å². The number of carbonyl (C=O) groups excluding carboxylic acids is 1. The third-order valence-electron chi connectivity index (χ3n) is 6.04. The highest BCUT2D eigenvalue weighted by atomic mass is 16.6. The van der Waals surface area contributed by atoms with Crippen LogP contribution in [0.4, 0.5) is 16.2 Å². The van der Waals surface area contributed by atoms with Crippen molar-refractivity contribution in [2.45, 2.75) is 64.7 Å². The molecular weight excluding hydrogens is 460 g/mol. The second kappa shape index (κ2) is 12.2. The molecule has 36 heavy (non-hydrogen) atoms. The molecule has 9 heteroatoms. The van der Waals surface area contributed by atoms with E-state index in [9.17, 15) is 9.90 Å². The number of anilines is 2. The fraction of sp³-hybridized carbons (Fsp3) is 0.519. The molecule has 0 aliphatic carbocycles. The Balaban J connectivity index is 0.000000253. The van der Waals surface area contributed by atoms with Crippen LogP contribution in [-0.4, -0.2) is 54.7 Å². The van der Waals surface area contributed by atoms with Crippen molar-refractivity contribution < 1.29 is 24.1 Å². The first-order valence-corrected chi connectivity index (χ1v) is 12.5. The summed E-state index contributed by atoms with van der Waals surface area (Å²) in [4.78, 5) is 13.1. The summed E-state index contributed by atoms with van der Waals surface area (Å²) in [7, 11) is 1.58. The van der Waals surface area contributed by atoms with Gasteiger partial charge in [0.15, 0.2) is 0 Å². The molecule has 1 amide bonds. The highest BCUT2D eigenvalue weighted by Gasteiger charge is 2.25. The summed E-state index contributed by atoms with van der Waals surface area (Å²) in [6, 6.07) is 10.7. The average Bonchev–Trinajstić information content (AvgIpc) is 3.40. The van der Waals surface area contributed by atoms with Crippen LogP contribution in [0.5, 0.6) is 11.5 Å². The van der Waals surface area contributed by atoms with Crippen molar-refractivity contribution in [3.05, 3.63) is 36.4 Å². The molecule has 0 aromatic heterocycles. The van der Waals surface area contributed by atoms with Crippen LogP contribution < -0.4 is 21.3 Å². The number of likely N-dealkylation sites (tertiary alicyclic amines) is 1. The van der Waals surface area contributed by atoms with Gasteiger partial charge in [-0.1, -0.05) is 12.1 Å². The van der Waals surface area contributed by atoms with Crippen molar-refractivity contribution in [1.29, 1.82) is 0 Å². The van der Waals surface area contributed by atoms with E-state index in [1.165, 1.54) is 0 Å². The third-order valence-corrected chi connectivity index (χ3v) is 6.04. The molecule has 2 aromatic carbocycles. The number of carbonyl (C=O) groups is 1. The van der Waals surface area contributed by atoms with Gasteiger partial charge in [0.05, 0.1) is 18.5 Å². The van der Waals surface area contributed by atoms with E-state index in [2.05, 4.69) is 0 Å². The molecule has 9 nitrogen and oxygen atoms in total. The Hall–Kier alpha value is -3.17. The summed E-state index contributed by atoms with van der Waals surface area (Å²) in [5.41, 5.74) is 8.86. The van der Waals surface area contributed by atoms with Crippen molar-refractivity contribution in [2.24, 2.45) is 5.84 Å². The Morgan fingerprint density at radius 3 is 2.31 bits per heavy atom. The van der Waals surface area contributed by atoms with E-state index in [-0.39, 0.29) is 23.7 Å². The van der Waals surface area contributed by atoms with Gasteiger partial charge in [-0.25, -0.2) is 10.6 Å². The predicted octanol–water partition coefficient (Wildman–Crippen LogP) is 4.87. The van der Waals surface area contributed by atoms with Gasteiger partial charge < -0.3 is 30.0 Å². The summed E-state index contributed by atoms with van der Waals surface area (Å²) in [5.74, 6) is 7.08. The van der Waals surface area contributed by atoms with Crippen molar-refractivity contribution in [3.63, 3.8) is 0 Å². The van der Waals surface area contributed by atoms with Gasteiger partial charge in [-0.3, -0.25) is 5.01 Å². The van der Waals surface area contributed by atoms with Gasteiger partial charge in [0.2, 0.25) is 0 Å². The lowest BCUT2D eigenvalue weighted by Crippen LogP contribution is -2.45. The zero-order valence-electron chi connectivity index (χ0n) is 21.8. The molecule has 0 saturated carbocycles. The quantitative estimate of drug-likeness (QED) is 0.308. The maximum absolute atomic E-state index is 11.4.